The molecule has 0 radical (unpaired) electrons. The predicted molar refractivity (Wildman–Crippen MR) is 119 cm³/mol. The number of aromatic nitrogens is 1. The second kappa shape index (κ2) is 9.59. The van der Waals surface area contributed by atoms with E-state index in [1.54, 1.807) is 24.2 Å². The van der Waals surface area contributed by atoms with Crippen molar-refractivity contribution in [1.29, 1.82) is 0 Å². The summed E-state index contributed by atoms with van der Waals surface area (Å²) in [6.07, 6.45) is 4.28. The molecule has 1 saturated heterocycles. The van der Waals surface area contributed by atoms with E-state index >= 15 is 0 Å². The molecule has 0 bridgehead atoms. The predicted octanol–water partition coefficient (Wildman–Crippen LogP) is 3.83. The maximum Gasteiger partial charge on any atom is 0.251 e. The van der Waals surface area contributed by atoms with Crippen molar-refractivity contribution >= 4 is 23.6 Å². The smallest absolute Gasteiger partial charge is 0.251 e. The van der Waals surface area contributed by atoms with Gasteiger partial charge in [0.05, 0.1) is 5.75 Å². The largest absolute Gasteiger partial charge is 0.348 e. The molecular formula is C24H23N3O2S. The van der Waals surface area contributed by atoms with Crippen LogP contribution in [0.5, 0.6) is 0 Å². The van der Waals surface area contributed by atoms with Crippen molar-refractivity contribution in [2.45, 2.75) is 18.3 Å². The van der Waals surface area contributed by atoms with Crippen molar-refractivity contribution < 1.29 is 9.59 Å². The Morgan fingerprint density at radius 3 is 2.53 bits per heavy atom. The van der Waals surface area contributed by atoms with E-state index in [1.165, 1.54) is 5.56 Å². The second-order valence-electron chi connectivity index (χ2n) is 7.15. The quantitative estimate of drug-likeness (QED) is 0.635. The highest BCUT2D eigenvalue weighted by molar-refractivity contribution is 8.00. The lowest BCUT2D eigenvalue weighted by Gasteiger charge is -2.24. The summed E-state index contributed by atoms with van der Waals surface area (Å²) in [7, 11) is 0. The highest BCUT2D eigenvalue weighted by atomic mass is 32.2. The highest BCUT2D eigenvalue weighted by Crippen LogP contribution is 2.38. The first-order chi connectivity index (χ1) is 14.7. The SMILES string of the molecule is O=C(NCc1cccnc1)c1ccc([C@H]2SCC(=O)N2CCc2ccccc2)cc1. The van der Waals surface area contributed by atoms with Crippen LogP contribution in [0.25, 0.3) is 0 Å². The Morgan fingerprint density at radius 2 is 1.80 bits per heavy atom. The molecule has 1 aliphatic heterocycles. The van der Waals surface area contributed by atoms with Crippen molar-refractivity contribution in [2.24, 2.45) is 0 Å². The lowest BCUT2D eigenvalue weighted by atomic mass is 10.1. The van der Waals surface area contributed by atoms with E-state index in [-0.39, 0.29) is 17.2 Å². The minimum atomic E-state index is -0.124. The summed E-state index contributed by atoms with van der Waals surface area (Å²) in [5.74, 6) is 0.535. The first-order valence-electron chi connectivity index (χ1n) is 9.93. The Hall–Kier alpha value is -3.12. The van der Waals surface area contributed by atoms with E-state index in [1.807, 2.05) is 59.5 Å². The van der Waals surface area contributed by atoms with Gasteiger partial charge in [0, 0.05) is 31.0 Å². The number of carbonyl (C=O) groups is 2. The van der Waals surface area contributed by atoms with Crippen LogP contribution >= 0.6 is 11.8 Å². The van der Waals surface area contributed by atoms with Gasteiger partial charge in [0.2, 0.25) is 5.91 Å². The Labute approximate surface area is 180 Å². The Balaban J connectivity index is 1.38. The van der Waals surface area contributed by atoms with Gasteiger partial charge in [-0.15, -0.1) is 11.8 Å². The van der Waals surface area contributed by atoms with Gasteiger partial charge in [-0.1, -0.05) is 48.5 Å². The third-order valence-corrected chi connectivity index (χ3v) is 6.34. The molecule has 0 saturated carbocycles. The van der Waals surface area contributed by atoms with Gasteiger partial charge in [0.15, 0.2) is 0 Å². The summed E-state index contributed by atoms with van der Waals surface area (Å²) in [5.41, 5.74) is 3.83. The van der Waals surface area contributed by atoms with E-state index in [0.717, 1.165) is 17.5 Å². The third-order valence-electron chi connectivity index (χ3n) is 5.09. The van der Waals surface area contributed by atoms with Gasteiger partial charge in [0.25, 0.3) is 5.91 Å². The summed E-state index contributed by atoms with van der Waals surface area (Å²) in [6, 6.07) is 21.5. The van der Waals surface area contributed by atoms with Crippen molar-refractivity contribution in [3.8, 4) is 0 Å². The molecule has 6 heteroatoms. The Bertz CT molecular complexity index is 994. The maximum atomic E-state index is 12.4. The van der Waals surface area contributed by atoms with Crippen LogP contribution in [0.4, 0.5) is 0 Å². The van der Waals surface area contributed by atoms with E-state index in [2.05, 4.69) is 22.4 Å². The number of benzene rings is 2. The minimum Gasteiger partial charge on any atom is -0.348 e. The van der Waals surface area contributed by atoms with Gasteiger partial charge in [-0.05, 0) is 41.3 Å². The van der Waals surface area contributed by atoms with Gasteiger partial charge >= 0.3 is 0 Å². The second-order valence-corrected chi connectivity index (χ2v) is 8.22. The average molecular weight is 418 g/mol. The highest BCUT2D eigenvalue weighted by Gasteiger charge is 2.32. The minimum absolute atomic E-state index is 0.00582. The fourth-order valence-corrected chi connectivity index (χ4v) is 4.67. The molecule has 5 nitrogen and oxygen atoms in total. The molecule has 152 valence electrons. The van der Waals surface area contributed by atoms with E-state index in [4.69, 9.17) is 0 Å². The molecule has 0 unspecified atom stereocenters. The van der Waals surface area contributed by atoms with Crippen LogP contribution in [0, 0.1) is 0 Å². The van der Waals surface area contributed by atoms with Crippen LogP contribution < -0.4 is 5.32 Å². The molecule has 2 heterocycles. The topological polar surface area (TPSA) is 62.3 Å². The fourth-order valence-electron chi connectivity index (χ4n) is 3.45. The fraction of sp³-hybridized carbons (Fsp3) is 0.208. The Morgan fingerprint density at radius 1 is 1.03 bits per heavy atom. The molecule has 0 aliphatic carbocycles. The number of pyridine rings is 1. The van der Waals surface area contributed by atoms with Crippen LogP contribution in [-0.4, -0.2) is 34.0 Å². The van der Waals surface area contributed by atoms with Crippen molar-refractivity contribution in [3.05, 3.63) is 101 Å². The molecule has 1 aromatic heterocycles. The van der Waals surface area contributed by atoms with Crippen LogP contribution in [0.15, 0.2) is 79.1 Å². The molecule has 30 heavy (non-hydrogen) atoms. The summed E-state index contributed by atoms with van der Waals surface area (Å²) in [4.78, 5) is 30.8. The molecule has 2 amide bonds. The zero-order valence-corrected chi connectivity index (χ0v) is 17.3. The first kappa shape index (κ1) is 20.2. The third kappa shape index (κ3) is 4.89. The molecule has 1 aliphatic rings. The van der Waals surface area contributed by atoms with Crippen molar-refractivity contribution in [2.75, 3.05) is 12.3 Å². The van der Waals surface area contributed by atoms with Gasteiger partial charge in [-0.2, -0.15) is 0 Å². The molecular weight excluding hydrogens is 394 g/mol. The van der Waals surface area contributed by atoms with Gasteiger partial charge in [-0.25, -0.2) is 0 Å². The molecule has 1 N–H and O–H groups in total. The number of nitrogens with zero attached hydrogens (tertiary/aromatic N) is 2. The monoisotopic (exact) mass is 417 g/mol. The van der Waals surface area contributed by atoms with Crippen LogP contribution in [0.1, 0.15) is 32.4 Å². The molecule has 1 fully saturated rings. The zero-order chi connectivity index (χ0) is 20.8. The lowest BCUT2D eigenvalue weighted by Crippen LogP contribution is -2.30. The number of amides is 2. The molecule has 4 rings (SSSR count). The van der Waals surface area contributed by atoms with Gasteiger partial charge in [-0.3, -0.25) is 14.6 Å². The van der Waals surface area contributed by atoms with Crippen molar-refractivity contribution in [3.63, 3.8) is 0 Å². The normalized spacial score (nSPS) is 15.9. The maximum absolute atomic E-state index is 12.4. The van der Waals surface area contributed by atoms with Crippen LogP contribution in [-0.2, 0) is 17.8 Å². The van der Waals surface area contributed by atoms with E-state index in [9.17, 15) is 9.59 Å². The number of rotatable bonds is 7. The molecule has 2 aromatic carbocycles. The van der Waals surface area contributed by atoms with Gasteiger partial charge in [0.1, 0.15) is 5.37 Å². The number of thioether (sulfide) groups is 1. The lowest BCUT2D eigenvalue weighted by molar-refractivity contribution is -0.128. The van der Waals surface area contributed by atoms with Crippen LogP contribution in [0.3, 0.4) is 0 Å². The molecule has 0 spiro atoms. The van der Waals surface area contributed by atoms with E-state index in [0.29, 0.717) is 24.4 Å². The van der Waals surface area contributed by atoms with E-state index < -0.39 is 0 Å². The number of hydrogen-bond acceptors (Lipinski definition) is 4. The van der Waals surface area contributed by atoms with Crippen molar-refractivity contribution in [1.82, 2.24) is 15.2 Å². The number of nitrogens with one attached hydrogen (secondary N) is 1. The summed E-state index contributed by atoms with van der Waals surface area (Å²) >= 11 is 1.64. The average Bonchev–Trinajstić information content (AvgIpc) is 3.18. The number of hydrogen-bond donors (Lipinski definition) is 1. The molecule has 3 aromatic rings. The summed E-state index contributed by atoms with van der Waals surface area (Å²) in [5, 5.41) is 2.90. The van der Waals surface area contributed by atoms with Crippen LogP contribution in [0.2, 0.25) is 0 Å². The van der Waals surface area contributed by atoms with Gasteiger partial charge < -0.3 is 10.2 Å². The first-order valence-corrected chi connectivity index (χ1v) is 11.0. The summed E-state index contributed by atoms with van der Waals surface area (Å²) < 4.78 is 0. The number of carbonyl (C=O) groups excluding carboxylic acids is 2. The zero-order valence-electron chi connectivity index (χ0n) is 16.5. The standard InChI is InChI=1S/C24H23N3O2S/c28-22-17-30-24(27(22)14-12-18-5-2-1-3-6-18)21-10-8-20(9-11-21)23(29)26-16-19-7-4-13-25-15-19/h1-11,13,15,24H,12,14,16-17H2,(H,26,29)/t24-/m1/s1. The summed E-state index contributed by atoms with van der Waals surface area (Å²) in [6.45, 7) is 1.13. The molecule has 1 atom stereocenters. The Kier molecular flexibility index (Phi) is 6.44.